The van der Waals surface area contributed by atoms with Crippen LogP contribution in [-0.4, -0.2) is 40.1 Å². The minimum Gasteiger partial charge on any atom is -0.452 e. The van der Waals surface area contributed by atoms with E-state index in [0.29, 0.717) is 36.0 Å². The third-order valence-corrected chi connectivity index (χ3v) is 5.98. The molecule has 1 aromatic heterocycles. The number of aromatic nitrogens is 2. The standard InChI is InChI=1S/C27H23N3O4/c1-18-6-2-5-9-23(18)26-29-28-25(34-26)20-10-12-21(13-11-20)27(32)33-17-24(31)30-15-14-19-7-3-4-8-22(19)16-30/h2-13H,14-17H2,1H3. The van der Waals surface area contributed by atoms with Gasteiger partial charge in [0.05, 0.1) is 5.56 Å². The first-order valence-corrected chi connectivity index (χ1v) is 11.1. The number of rotatable bonds is 5. The van der Waals surface area contributed by atoms with Gasteiger partial charge in [0.2, 0.25) is 11.8 Å². The van der Waals surface area contributed by atoms with Gasteiger partial charge >= 0.3 is 5.97 Å². The Morgan fingerprint density at radius 2 is 1.62 bits per heavy atom. The second-order valence-corrected chi connectivity index (χ2v) is 8.21. The Balaban J connectivity index is 1.19. The molecule has 0 N–H and O–H groups in total. The molecule has 0 bridgehead atoms. The van der Waals surface area contributed by atoms with Gasteiger partial charge in [-0.3, -0.25) is 4.79 Å². The van der Waals surface area contributed by atoms with Crippen LogP contribution in [-0.2, 0) is 22.5 Å². The van der Waals surface area contributed by atoms with Crippen molar-refractivity contribution >= 4 is 11.9 Å². The maximum absolute atomic E-state index is 12.5. The quantitative estimate of drug-likeness (QED) is 0.415. The zero-order valence-corrected chi connectivity index (χ0v) is 18.7. The van der Waals surface area contributed by atoms with Gasteiger partial charge in [-0.25, -0.2) is 4.79 Å². The Labute approximate surface area is 197 Å². The van der Waals surface area contributed by atoms with Crippen LogP contribution in [0.3, 0.4) is 0 Å². The van der Waals surface area contributed by atoms with E-state index in [0.717, 1.165) is 23.1 Å². The van der Waals surface area contributed by atoms with Crippen molar-refractivity contribution in [3.05, 3.63) is 95.1 Å². The molecule has 4 aromatic rings. The molecule has 5 rings (SSSR count). The zero-order valence-electron chi connectivity index (χ0n) is 18.7. The minimum atomic E-state index is -0.552. The molecular formula is C27H23N3O4. The van der Waals surface area contributed by atoms with Gasteiger partial charge in [0.15, 0.2) is 6.61 Å². The summed E-state index contributed by atoms with van der Waals surface area (Å²) in [6, 6.07) is 22.5. The highest BCUT2D eigenvalue weighted by Crippen LogP contribution is 2.26. The van der Waals surface area contributed by atoms with Crippen molar-refractivity contribution in [1.29, 1.82) is 0 Å². The van der Waals surface area contributed by atoms with Crippen LogP contribution in [0.2, 0.25) is 0 Å². The molecule has 0 radical (unpaired) electrons. The maximum Gasteiger partial charge on any atom is 0.338 e. The van der Waals surface area contributed by atoms with Gasteiger partial charge in [0.1, 0.15) is 0 Å². The molecule has 34 heavy (non-hydrogen) atoms. The van der Waals surface area contributed by atoms with E-state index >= 15 is 0 Å². The summed E-state index contributed by atoms with van der Waals surface area (Å²) in [5, 5.41) is 8.26. The van der Waals surface area contributed by atoms with Crippen molar-refractivity contribution in [1.82, 2.24) is 15.1 Å². The van der Waals surface area contributed by atoms with E-state index in [4.69, 9.17) is 9.15 Å². The number of carbonyl (C=O) groups excluding carboxylic acids is 2. The van der Waals surface area contributed by atoms with Crippen molar-refractivity contribution in [2.24, 2.45) is 0 Å². The van der Waals surface area contributed by atoms with Crippen LogP contribution in [0.4, 0.5) is 0 Å². The summed E-state index contributed by atoms with van der Waals surface area (Å²) in [4.78, 5) is 26.7. The van der Waals surface area contributed by atoms with E-state index in [2.05, 4.69) is 16.3 Å². The lowest BCUT2D eigenvalue weighted by Gasteiger charge is -2.28. The van der Waals surface area contributed by atoms with Crippen molar-refractivity contribution in [2.45, 2.75) is 19.9 Å². The lowest BCUT2D eigenvalue weighted by Crippen LogP contribution is -2.38. The highest BCUT2D eigenvalue weighted by Gasteiger charge is 2.22. The Bertz CT molecular complexity index is 1340. The Morgan fingerprint density at radius 1 is 0.912 bits per heavy atom. The first-order chi connectivity index (χ1) is 16.6. The van der Waals surface area contributed by atoms with E-state index in [1.807, 2.05) is 49.4 Å². The molecule has 1 amide bonds. The SMILES string of the molecule is Cc1ccccc1-c1nnc(-c2ccc(C(=O)OCC(=O)N3CCc4ccccc4C3)cc2)o1. The topological polar surface area (TPSA) is 85.5 Å². The molecule has 1 aliphatic rings. The van der Waals surface area contributed by atoms with Gasteiger partial charge in [-0.15, -0.1) is 10.2 Å². The molecular weight excluding hydrogens is 430 g/mol. The number of esters is 1. The number of carbonyl (C=O) groups is 2. The number of amides is 1. The fourth-order valence-corrected chi connectivity index (χ4v) is 4.02. The smallest absolute Gasteiger partial charge is 0.338 e. The molecule has 0 spiro atoms. The van der Waals surface area contributed by atoms with Gasteiger partial charge in [-0.05, 0) is 60.4 Å². The average Bonchev–Trinajstić information content (AvgIpc) is 3.37. The number of hydrogen-bond donors (Lipinski definition) is 0. The molecule has 0 unspecified atom stereocenters. The highest BCUT2D eigenvalue weighted by atomic mass is 16.5. The van der Waals surface area contributed by atoms with Crippen LogP contribution in [0.5, 0.6) is 0 Å². The van der Waals surface area contributed by atoms with Crippen molar-refractivity contribution in [3.8, 4) is 22.9 Å². The van der Waals surface area contributed by atoms with Gasteiger partial charge in [0.25, 0.3) is 5.91 Å². The van der Waals surface area contributed by atoms with E-state index in [1.54, 1.807) is 29.2 Å². The molecule has 0 fully saturated rings. The third kappa shape index (κ3) is 4.45. The summed E-state index contributed by atoms with van der Waals surface area (Å²) in [5.41, 5.74) is 5.35. The first-order valence-electron chi connectivity index (χ1n) is 11.1. The fourth-order valence-electron chi connectivity index (χ4n) is 4.02. The summed E-state index contributed by atoms with van der Waals surface area (Å²) in [7, 11) is 0. The van der Waals surface area contributed by atoms with Gasteiger partial charge < -0.3 is 14.1 Å². The first kappa shape index (κ1) is 21.6. The van der Waals surface area contributed by atoms with E-state index < -0.39 is 5.97 Å². The summed E-state index contributed by atoms with van der Waals surface area (Å²) in [6.07, 6.45) is 0.804. The van der Waals surface area contributed by atoms with Gasteiger partial charge in [0, 0.05) is 24.2 Å². The van der Waals surface area contributed by atoms with Crippen LogP contribution in [0.15, 0.2) is 77.2 Å². The molecule has 7 heteroatoms. The predicted octanol–water partition coefficient (Wildman–Crippen LogP) is 4.45. The second-order valence-electron chi connectivity index (χ2n) is 8.21. The fraction of sp³-hybridized carbons (Fsp3) is 0.185. The number of benzene rings is 3. The van der Waals surface area contributed by atoms with E-state index in [1.165, 1.54) is 5.56 Å². The largest absolute Gasteiger partial charge is 0.452 e. The number of hydrogen-bond acceptors (Lipinski definition) is 6. The average molecular weight is 453 g/mol. The number of ether oxygens (including phenoxy) is 1. The number of nitrogens with zero attached hydrogens (tertiary/aromatic N) is 3. The van der Waals surface area contributed by atoms with E-state index in [-0.39, 0.29) is 12.5 Å². The minimum absolute atomic E-state index is 0.200. The lowest BCUT2D eigenvalue weighted by molar-refractivity contribution is -0.135. The highest BCUT2D eigenvalue weighted by molar-refractivity contribution is 5.91. The monoisotopic (exact) mass is 453 g/mol. The third-order valence-electron chi connectivity index (χ3n) is 5.98. The van der Waals surface area contributed by atoms with Crippen LogP contribution >= 0.6 is 0 Å². The zero-order chi connectivity index (χ0) is 23.5. The molecule has 0 aliphatic carbocycles. The molecule has 0 saturated heterocycles. The van der Waals surface area contributed by atoms with Crippen molar-refractivity contribution in [2.75, 3.05) is 13.2 Å². The van der Waals surface area contributed by atoms with Crippen LogP contribution < -0.4 is 0 Å². The summed E-state index contributed by atoms with van der Waals surface area (Å²) in [5.74, 6) is 0.0478. The number of aryl methyl sites for hydroxylation is 1. The molecule has 170 valence electrons. The normalized spacial score (nSPS) is 12.8. The maximum atomic E-state index is 12.5. The summed E-state index contributed by atoms with van der Waals surface area (Å²) >= 11 is 0. The van der Waals surface area contributed by atoms with Gasteiger partial charge in [-0.2, -0.15) is 0 Å². The molecule has 7 nitrogen and oxygen atoms in total. The molecule has 3 aromatic carbocycles. The summed E-state index contributed by atoms with van der Waals surface area (Å²) in [6.45, 7) is 2.85. The second kappa shape index (κ2) is 9.31. The molecule has 2 heterocycles. The van der Waals surface area contributed by atoms with Crippen LogP contribution in [0.25, 0.3) is 22.9 Å². The van der Waals surface area contributed by atoms with E-state index in [9.17, 15) is 9.59 Å². The Kier molecular flexibility index (Phi) is 5.91. The molecule has 0 saturated carbocycles. The van der Waals surface area contributed by atoms with Crippen molar-refractivity contribution < 1.29 is 18.7 Å². The Morgan fingerprint density at radius 3 is 2.41 bits per heavy atom. The van der Waals surface area contributed by atoms with Crippen molar-refractivity contribution in [3.63, 3.8) is 0 Å². The number of fused-ring (bicyclic) bond motifs is 1. The van der Waals surface area contributed by atoms with Crippen LogP contribution in [0, 0.1) is 6.92 Å². The Hall–Kier alpha value is -4.26. The molecule has 0 atom stereocenters. The predicted molar refractivity (Wildman–Crippen MR) is 126 cm³/mol. The van der Waals surface area contributed by atoms with Gasteiger partial charge in [-0.1, -0.05) is 42.5 Å². The molecule has 1 aliphatic heterocycles. The summed E-state index contributed by atoms with van der Waals surface area (Å²) < 4.78 is 11.1. The van der Waals surface area contributed by atoms with Crippen LogP contribution in [0.1, 0.15) is 27.0 Å². The lowest BCUT2D eigenvalue weighted by atomic mass is 10.00.